The summed E-state index contributed by atoms with van der Waals surface area (Å²) in [5, 5.41) is 12.5. The van der Waals surface area contributed by atoms with E-state index in [1.54, 1.807) is 11.8 Å². The normalized spacial score (nSPS) is 34.6. The Morgan fingerprint density at radius 2 is 2.03 bits per heavy atom. The quantitative estimate of drug-likeness (QED) is 0.314. The predicted octanol–water partition coefficient (Wildman–Crippen LogP) is 1.72. The van der Waals surface area contributed by atoms with Gasteiger partial charge in [0.05, 0.1) is 29.9 Å². The van der Waals surface area contributed by atoms with Crippen LogP contribution in [0, 0.1) is 11.8 Å². The van der Waals surface area contributed by atoms with Gasteiger partial charge in [-0.2, -0.15) is 0 Å². The molecule has 29 heavy (non-hydrogen) atoms. The van der Waals surface area contributed by atoms with Crippen molar-refractivity contribution in [1.82, 2.24) is 10.2 Å². The number of hydrogen-bond acceptors (Lipinski definition) is 6. The van der Waals surface area contributed by atoms with Gasteiger partial charge in [-0.05, 0) is 25.7 Å². The summed E-state index contributed by atoms with van der Waals surface area (Å²) in [5.41, 5.74) is 0. The molecule has 3 aliphatic heterocycles. The van der Waals surface area contributed by atoms with Crippen LogP contribution in [0.2, 0.25) is 0 Å². The summed E-state index contributed by atoms with van der Waals surface area (Å²) in [4.78, 5) is 39.4. The molecule has 0 aromatic heterocycles. The fraction of sp³-hybridized carbons (Fsp3) is 0.857. The van der Waals surface area contributed by atoms with E-state index in [-0.39, 0.29) is 40.2 Å². The van der Waals surface area contributed by atoms with Gasteiger partial charge in [-0.1, -0.05) is 39.5 Å². The fourth-order valence-electron chi connectivity index (χ4n) is 4.89. The van der Waals surface area contributed by atoms with Gasteiger partial charge in [0.1, 0.15) is 6.04 Å². The maximum atomic E-state index is 13.0. The summed E-state index contributed by atoms with van der Waals surface area (Å²) in [6.07, 6.45) is 5.30. The zero-order valence-electron chi connectivity index (χ0n) is 17.6. The van der Waals surface area contributed by atoms with Crippen LogP contribution in [-0.4, -0.2) is 69.6 Å². The molecule has 0 radical (unpaired) electrons. The Morgan fingerprint density at radius 1 is 1.31 bits per heavy atom. The van der Waals surface area contributed by atoms with E-state index >= 15 is 0 Å². The Bertz CT molecular complexity index is 628. The molecule has 0 saturated carbocycles. The minimum atomic E-state index is -0.750. The summed E-state index contributed by atoms with van der Waals surface area (Å²) in [6, 6.07) is -0.849. The lowest BCUT2D eigenvalue weighted by atomic mass is 9.79. The number of aliphatic hydroxyl groups is 1. The third-order valence-corrected chi connectivity index (χ3v) is 8.25. The molecular formula is C21H34N2O5S. The molecular weight excluding hydrogens is 392 g/mol. The van der Waals surface area contributed by atoms with Crippen molar-refractivity contribution in [3.63, 3.8) is 0 Å². The number of hydrogen-bond donors (Lipinski definition) is 2. The summed E-state index contributed by atoms with van der Waals surface area (Å²) < 4.78 is 5.56. The second-order valence-corrected chi connectivity index (χ2v) is 9.94. The highest BCUT2D eigenvalue weighted by atomic mass is 32.2. The van der Waals surface area contributed by atoms with Gasteiger partial charge in [-0.15, -0.1) is 11.8 Å². The molecule has 0 spiro atoms. The first-order valence-electron chi connectivity index (χ1n) is 11.0. The van der Waals surface area contributed by atoms with Crippen molar-refractivity contribution < 1.29 is 24.2 Å². The number of rotatable bonds is 10. The largest absolute Gasteiger partial charge is 0.464 e. The maximum absolute atomic E-state index is 13.0. The number of carbonyl (C=O) groups excluding carboxylic acids is 3. The number of amides is 2. The molecule has 0 aliphatic carbocycles. The highest BCUT2D eigenvalue weighted by Gasteiger charge is 2.65. The Balaban J connectivity index is 1.67. The molecule has 0 bridgehead atoms. The van der Waals surface area contributed by atoms with Gasteiger partial charge in [0.2, 0.25) is 11.8 Å². The molecule has 3 heterocycles. The fourth-order valence-corrected chi connectivity index (χ4v) is 6.53. The van der Waals surface area contributed by atoms with Gasteiger partial charge < -0.3 is 20.1 Å². The topological polar surface area (TPSA) is 95.9 Å². The molecule has 2 amide bonds. The maximum Gasteiger partial charge on any atom is 0.330 e. The average Bonchev–Trinajstić information content (AvgIpc) is 3.18. The number of esters is 1. The summed E-state index contributed by atoms with van der Waals surface area (Å²) in [7, 11) is 0. The second kappa shape index (κ2) is 9.69. The van der Waals surface area contributed by atoms with Crippen molar-refractivity contribution >= 4 is 29.5 Å². The van der Waals surface area contributed by atoms with Gasteiger partial charge in [-0.25, -0.2) is 4.79 Å². The van der Waals surface area contributed by atoms with Crippen molar-refractivity contribution in [2.24, 2.45) is 11.8 Å². The molecule has 3 saturated heterocycles. The first-order valence-corrected chi connectivity index (χ1v) is 11.9. The number of unbranched alkanes of at least 4 members (excludes halogenated alkanes) is 4. The van der Waals surface area contributed by atoms with Crippen LogP contribution in [-0.2, 0) is 19.1 Å². The van der Waals surface area contributed by atoms with Crippen molar-refractivity contribution in [2.75, 3.05) is 13.2 Å². The van der Waals surface area contributed by atoms with E-state index in [1.165, 1.54) is 18.2 Å². The average molecular weight is 427 g/mol. The smallest absolute Gasteiger partial charge is 0.330 e. The molecule has 0 aromatic carbocycles. The zero-order chi connectivity index (χ0) is 21.1. The number of thioether (sulfide) groups is 1. The number of β-lactam (4-membered cyclic amide) rings is 1. The molecule has 7 atom stereocenters. The number of nitrogens with zero attached hydrogens (tertiary/aromatic N) is 1. The Labute approximate surface area is 177 Å². The number of nitrogens with one attached hydrogen (secondary N) is 1. The van der Waals surface area contributed by atoms with Gasteiger partial charge in [0.15, 0.2) is 0 Å². The Hall–Kier alpha value is -1.28. The van der Waals surface area contributed by atoms with E-state index in [0.29, 0.717) is 13.2 Å². The molecule has 7 unspecified atom stereocenters. The summed E-state index contributed by atoms with van der Waals surface area (Å²) in [5.74, 6) is -1.02. The SMILES string of the molecule is CCCCCCCOC(=O)C1C(SC2CCNC2=O)C(C)C2C(C(C)O)C(=O)N12. The molecule has 2 N–H and O–H groups in total. The van der Waals surface area contributed by atoms with Crippen LogP contribution in [0.25, 0.3) is 0 Å². The van der Waals surface area contributed by atoms with Crippen molar-refractivity contribution in [3.8, 4) is 0 Å². The van der Waals surface area contributed by atoms with E-state index < -0.39 is 18.1 Å². The number of ether oxygens (including phenoxy) is 1. The van der Waals surface area contributed by atoms with Crippen LogP contribution in [0.15, 0.2) is 0 Å². The lowest BCUT2D eigenvalue weighted by Crippen LogP contribution is -2.65. The first kappa shape index (κ1) is 22.4. The number of fused-ring (bicyclic) bond motifs is 1. The van der Waals surface area contributed by atoms with E-state index in [2.05, 4.69) is 12.2 Å². The highest BCUT2D eigenvalue weighted by Crippen LogP contribution is 2.50. The molecule has 0 aromatic rings. The molecule has 164 valence electrons. The van der Waals surface area contributed by atoms with E-state index in [4.69, 9.17) is 4.74 Å². The van der Waals surface area contributed by atoms with E-state index in [9.17, 15) is 19.5 Å². The summed E-state index contributed by atoms with van der Waals surface area (Å²) in [6.45, 7) is 6.81. The van der Waals surface area contributed by atoms with Gasteiger partial charge in [0, 0.05) is 11.8 Å². The Morgan fingerprint density at radius 3 is 2.66 bits per heavy atom. The summed E-state index contributed by atoms with van der Waals surface area (Å²) >= 11 is 1.49. The van der Waals surface area contributed by atoms with E-state index in [1.807, 2.05) is 6.92 Å². The van der Waals surface area contributed by atoms with Crippen molar-refractivity contribution in [1.29, 1.82) is 0 Å². The molecule has 8 heteroatoms. The molecule has 3 rings (SSSR count). The standard InChI is InChI=1S/C21H34N2O5S/c1-4-5-6-7-8-11-28-21(27)17-18(29-14-9-10-22-19(14)25)12(2)16-15(13(3)24)20(26)23(16)17/h12-18,24H,4-11H2,1-3H3,(H,22,25). The third kappa shape index (κ3) is 4.43. The third-order valence-electron chi connectivity index (χ3n) is 6.47. The van der Waals surface area contributed by atoms with Crippen molar-refractivity contribution in [3.05, 3.63) is 0 Å². The second-order valence-electron chi connectivity index (χ2n) is 8.56. The predicted molar refractivity (Wildman–Crippen MR) is 111 cm³/mol. The zero-order valence-corrected chi connectivity index (χ0v) is 18.5. The molecule has 7 nitrogen and oxygen atoms in total. The monoisotopic (exact) mass is 426 g/mol. The van der Waals surface area contributed by atoms with E-state index in [0.717, 1.165) is 32.1 Å². The minimum absolute atomic E-state index is 0.00195. The van der Waals surface area contributed by atoms with Gasteiger partial charge in [0.25, 0.3) is 0 Å². The van der Waals surface area contributed by atoms with Crippen LogP contribution in [0.4, 0.5) is 0 Å². The molecule has 3 aliphatic rings. The van der Waals surface area contributed by atoms with Crippen molar-refractivity contribution in [2.45, 2.75) is 88.0 Å². The lowest BCUT2D eigenvalue weighted by Gasteiger charge is -2.47. The van der Waals surface area contributed by atoms with Crippen LogP contribution in [0.1, 0.15) is 59.3 Å². The first-order chi connectivity index (χ1) is 13.9. The highest BCUT2D eigenvalue weighted by molar-refractivity contribution is 8.01. The van der Waals surface area contributed by atoms with Crippen LogP contribution in [0.5, 0.6) is 0 Å². The van der Waals surface area contributed by atoms with Gasteiger partial charge in [-0.3, -0.25) is 9.59 Å². The van der Waals surface area contributed by atoms with Crippen LogP contribution in [0.3, 0.4) is 0 Å². The van der Waals surface area contributed by atoms with Gasteiger partial charge >= 0.3 is 5.97 Å². The number of carbonyl (C=O) groups is 3. The lowest BCUT2D eigenvalue weighted by molar-refractivity contribution is -0.172. The Kier molecular flexibility index (Phi) is 7.48. The molecule has 3 fully saturated rings. The van der Waals surface area contributed by atoms with Crippen LogP contribution < -0.4 is 5.32 Å². The minimum Gasteiger partial charge on any atom is -0.464 e. The number of aliphatic hydroxyl groups excluding tert-OH is 1. The van der Waals surface area contributed by atoms with Crippen LogP contribution >= 0.6 is 11.8 Å².